The number of aromatic nitrogens is 2. The molecule has 0 aliphatic carbocycles. The normalized spacial score (nSPS) is 13.6. The van der Waals surface area contributed by atoms with Crippen molar-refractivity contribution < 1.29 is 14.7 Å². The van der Waals surface area contributed by atoms with Gasteiger partial charge in [0.1, 0.15) is 5.54 Å². The number of carbonyl (C=O) groups is 2. The molecule has 112 valence electrons. The number of aryl methyl sites for hydroxylation is 2. The standard InChI is InChI=1S/C13H22N4O3/c1-5-6-13(3,11(18)19)15-12(20)14-7-10-8-17(4)16-9(10)2/h8H,5-7H2,1-4H3,(H,18,19)(H2,14,15,20). The molecule has 0 radical (unpaired) electrons. The fourth-order valence-corrected chi connectivity index (χ4v) is 2.02. The molecule has 1 aromatic heterocycles. The van der Waals surface area contributed by atoms with E-state index in [0.29, 0.717) is 19.4 Å². The molecule has 0 spiro atoms. The van der Waals surface area contributed by atoms with Gasteiger partial charge in [0.25, 0.3) is 0 Å². The van der Waals surface area contributed by atoms with Gasteiger partial charge < -0.3 is 15.7 Å². The second-order valence-corrected chi connectivity index (χ2v) is 5.11. The van der Waals surface area contributed by atoms with Crippen LogP contribution in [0.15, 0.2) is 6.20 Å². The van der Waals surface area contributed by atoms with E-state index in [0.717, 1.165) is 11.3 Å². The second-order valence-electron chi connectivity index (χ2n) is 5.11. The average molecular weight is 282 g/mol. The van der Waals surface area contributed by atoms with Gasteiger partial charge in [0.2, 0.25) is 0 Å². The molecule has 20 heavy (non-hydrogen) atoms. The lowest BCUT2D eigenvalue weighted by Gasteiger charge is -2.25. The number of nitrogens with one attached hydrogen (secondary N) is 2. The maximum absolute atomic E-state index is 11.8. The summed E-state index contributed by atoms with van der Waals surface area (Å²) in [6.45, 7) is 5.55. The van der Waals surface area contributed by atoms with Gasteiger partial charge in [-0.2, -0.15) is 5.10 Å². The van der Waals surface area contributed by atoms with Crippen LogP contribution < -0.4 is 10.6 Å². The first kappa shape index (κ1) is 16.0. The van der Waals surface area contributed by atoms with Gasteiger partial charge in [0.15, 0.2) is 0 Å². The average Bonchev–Trinajstić information content (AvgIpc) is 2.65. The van der Waals surface area contributed by atoms with Crippen molar-refractivity contribution in [1.29, 1.82) is 0 Å². The lowest BCUT2D eigenvalue weighted by Crippen LogP contribution is -2.55. The molecule has 0 saturated carbocycles. The Morgan fingerprint density at radius 3 is 2.60 bits per heavy atom. The highest BCUT2D eigenvalue weighted by Crippen LogP contribution is 2.12. The number of hydrogen-bond acceptors (Lipinski definition) is 3. The summed E-state index contributed by atoms with van der Waals surface area (Å²) in [7, 11) is 1.80. The number of hydrogen-bond donors (Lipinski definition) is 3. The number of rotatable bonds is 6. The largest absolute Gasteiger partial charge is 0.480 e. The first-order valence-corrected chi connectivity index (χ1v) is 6.57. The SMILES string of the molecule is CCCC(C)(NC(=O)NCc1cn(C)nc1C)C(=O)O. The Hall–Kier alpha value is -2.05. The van der Waals surface area contributed by atoms with Gasteiger partial charge in [0, 0.05) is 25.4 Å². The van der Waals surface area contributed by atoms with E-state index in [9.17, 15) is 14.7 Å². The minimum absolute atomic E-state index is 0.313. The number of amides is 2. The second kappa shape index (κ2) is 6.40. The number of nitrogens with zero attached hydrogens (tertiary/aromatic N) is 2. The van der Waals surface area contributed by atoms with Gasteiger partial charge in [0.05, 0.1) is 5.69 Å². The Morgan fingerprint density at radius 2 is 2.15 bits per heavy atom. The molecule has 0 fully saturated rings. The molecule has 2 amide bonds. The van der Waals surface area contributed by atoms with Crippen molar-refractivity contribution in [3.8, 4) is 0 Å². The molecule has 0 aliphatic rings. The predicted molar refractivity (Wildman–Crippen MR) is 74.3 cm³/mol. The van der Waals surface area contributed by atoms with Crippen molar-refractivity contribution in [2.45, 2.75) is 45.7 Å². The molecule has 7 nitrogen and oxygen atoms in total. The molecule has 7 heteroatoms. The molecular formula is C13H22N4O3. The Balaban J connectivity index is 2.59. The Bertz CT molecular complexity index is 498. The summed E-state index contributed by atoms with van der Waals surface area (Å²) in [5, 5.41) is 18.5. The Labute approximate surface area is 118 Å². The molecule has 1 atom stereocenters. The van der Waals surface area contributed by atoms with E-state index in [1.54, 1.807) is 11.7 Å². The highest BCUT2D eigenvalue weighted by atomic mass is 16.4. The summed E-state index contributed by atoms with van der Waals surface area (Å²) < 4.78 is 1.67. The summed E-state index contributed by atoms with van der Waals surface area (Å²) in [5.41, 5.74) is 0.487. The lowest BCUT2D eigenvalue weighted by molar-refractivity contribution is -0.144. The Morgan fingerprint density at radius 1 is 1.50 bits per heavy atom. The maximum atomic E-state index is 11.8. The van der Waals surface area contributed by atoms with Crippen molar-refractivity contribution in [3.63, 3.8) is 0 Å². The van der Waals surface area contributed by atoms with E-state index in [2.05, 4.69) is 15.7 Å². The number of carboxylic acid groups (broad SMARTS) is 1. The molecule has 1 rings (SSSR count). The van der Waals surface area contributed by atoms with Crippen molar-refractivity contribution in [2.24, 2.45) is 7.05 Å². The lowest BCUT2D eigenvalue weighted by atomic mass is 9.97. The van der Waals surface area contributed by atoms with E-state index in [1.165, 1.54) is 6.92 Å². The third-order valence-corrected chi connectivity index (χ3v) is 3.17. The third kappa shape index (κ3) is 3.97. The fourth-order valence-electron chi connectivity index (χ4n) is 2.02. The van der Waals surface area contributed by atoms with Gasteiger partial charge in [-0.1, -0.05) is 13.3 Å². The molecular weight excluding hydrogens is 260 g/mol. The summed E-state index contributed by atoms with van der Waals surface area (Å²) >= 11 is 0. The van der Waals surface area contributed by atoms with Crippen LogP contribution in [0.4, 0.5) is 4.79 Å². The van der Waals surface area contributed by atoms with Crippen molar-refractivity contribution in [2.75, 3.05) is 0 Å². The first-order chi connectivity index (χ1) is 9.28. The zero-order chi connectivity index (χ0) is 15.3. The zero-order valence-electron chi connectivity index (χ0n) is 12.4. The molecule has 0 saturated heterocycles. The van der Waals surface area contributed by atoms with Gasteiger partial charge in [-0.15, -0.1) is 0 Å². The number of carbonyl (C=O) groups excluding carboxylic acids is 1. The summed E-state index contributed by atoms with van der Waals surface area (Å²) in [5.74, 6) is -1.04. The monoisotopic (exact) mass is 282 g/mol. The number of urea groups is 1. The van der Waals surface area contributed by atoms with Crippen LogP contribution in [0.5, 0.6) is 0 Å². The van der Waals surface area contributed by atoms with Crippen molar-refractivity contribution in [1.82, 2.24) is 20.4 Å². The van der Waals surface area contributed by atoms with E-state index in [-0.39, 0.29) is 0 Å². The van der Waals surface area contributed by atoms with Gasteiger partial charge in [-0.25, -0.2) is 9.59 Å². The molecule has 1 unspecified atom stereocenters. The molecule has 3 N–H and O–H groups in total. The Kier molecular flexibility index (Phi) is 5.12. The summed E-state index contributed by atoms with van der Waals surface area (Å²) in [6, 6.07) is -0.494. The third-order valence-electron chi connectivity index (χ3n) is 3.17. The minimum atomic E-state index is -1.25. The molecule has 0 aliphatic heterocycles. The van der Waals surface area contributed by atoms with E-state index < -0.39 is 17.5 Å². The topological polar surface area (TPSA) is 96.3 Å². The smallest absolute Gasteiger partial charge is 0.329 e. The zero-order valence-corrected chi connectivity index (χ0v) is 12.4. The summed E-state index contributed by atoms with van der Waals surface area (Å²) in [4.78, 5) is 23.0. The van der Waals surface area contributed by atoms with Gasteiger partial charge >= 0.3 is 12.0 Å². The van der Waals surface area contributed by atoms with Crippen LogP contribution in [0, 0.1) is 6.92 Å². The van der Waals surface area contributed by atoms with E-state index in [1.807, 2.05) is 20.0 Å². The minimum Gasteiger partial charge on any atom is -0.480 e. The highest BCUT2D eigenvalue weighted by Gasteiger charge is 2.33. The highest BCUT2D eigenvalue weighted by molar-refractivity contribution is 5.85. The van der Waals surface area contributed by atoms with Crippen molar-refractivity contribution >= 4 is 12.0 Å². The maximum Gasteiger partial charge on any atom is 0.329 e. The van der Waals surface area contributed by atoms with E-state index in [4.69, 9.17) is 0 Å². The number of carboxylic acids is 1. The van der Waals surface area contributed by atoms with Gasteiger partial charge in [-0.3, -0.25) is 4.68 Å². The predicted octanol–water partition coefficient (Wildman–Crippen LogP) is 1.17. The van der Waals surface area contributed by atoms with Crippen LogP contribution in [0.1, 0.15) is 37.9 Å². The van der Waals surface area contributed by atoms with Crippen LogP contribution in [0.2, 0.25) is 0 Å². The van der Waals surface area contributed by atoms with Gasteiger partial charge in [-0.05, 0) is 20.3 Å². The van der Waals surface area contributed by atoms with Crippen molar-refractivity contribution in [3.05, 3.63) is 17.5 Å². The fraction of sp³-hybridized carbons (Fsp3) is 0.615. The van der Waals surface area contributed by atoms with E-state index >= 15 is 0 Å². The van der Waals surface area contributed by atoms with Crippen LogP contribution >= 0.6 is 0 Å². The van der Waals surface area contributed by atoms with Crippen LogP contribution in [-0.4, -0.2) is 32.4 Å². The summed E-state index contributed by atoms with van der Waals surface area (Å²) in [6.07, 6.45) is 2.87. The molecule has 1 heterocycles. The molecule has 1 aromatic rings. The van der Waals surface area contributed by atoms with Crippen LogP contribution in [0.3, 0.4) is 0 Å². The molecule has 0 bridgehead atoms. The van der Waals surface area contributed by atoms with Crippen LogP contribution in [-0.2, 0) is 18.4 Å². The first-order valence-electron chi connectivity index (χ1n) is 6.57. The van der Waals surface area contributed by atoms with Crippen LogP contribution in [0.25, 0.3) is 0 Å². The number of aliphatic carboxylic acids is 1. The molecule has 0 aromatic carbocycles. The quantitative estimate of drug-likeness (QED) is 0.729.